The molecule has 0 aliphatic carbocycles. The standard InChI is InChI=1S/C20H20F3NO3/c1-3-26-17-9-14-13(12-7-5-6-8-15(12)20(21,22)23)10-19(25)24-16(14)11-18(17)27-4-2/h5-9,11,13H,3-4,10H2,1-2H3,(H,24,25)/t13-/m0/s1. The summed E-state index contributed by atoms with van der Waals surface area (Å²) in [4.78, 5) is 12.2. The van der Waals surface area contributed by atoms with Gasteiger partial charge in [-0.15, -0.1) is 0 Å². The molecule has 0 spiro atoms. The van der Waals surface area contributed by atoms with Gasteiger partial charge in [-0.25, -0.2) is 0 Å². The van der Waals surface area contributed by atoms with Crippen LogP contribution in [0.4, 0.5) is 18.9 Å². The van der Waals surface area contributed by atoms with E-state index >= 15 is 0 Å². The number of rotatable bonds is 5. The first kappa shape index (κ1) is 19.1. The molecular weight excluding hydrogens is 359 g/mol. The van der Waals surface area contributed by atoms with Crippen molar-refractivity contribution in [2.45, 2.75) is 32.4 Å². The number of anilines is 1. The van der Waals surface area contributed by atoms with E-state index in [9.17, 15) is 18.0 Å². The minimum absolute atomic E-state index is 0.0698. The number of carbonyl (C=O) groups excluding carboxylic acids is 1. The number of ether oxygens (including phenoxy) is 2. The van der Waals surface area contributed by atoms with Crippen molar-refractivity contribution < 1.29 is 27.4 Å². The fourth-order valence-electron chi connectivity index (χ4n) is 3.34. The summed E-state index contributed by atoms with van der Waals surface area (Å²) in [6, 6.07) is 8.64. The molecule has 1 amide bonds. The Hall–Kier alpha value is -2.70. The Morgan fingerprint density at radius 1 is 1.04 bits per heavy atom. The zero-order valence-corrected chi connectivity index (χ0v) is 15.0. The van der Waals surface area contributed by atoms with E-state index in [1.54, 1.807) is 18.2 Å². The summed E-state index contributed by atoms with van der Waals surface area (Å²) < 4.78 is 51.6. The Labute approximate surface area is 155 Å². The molecule has 2 aromatic rings. The average Bonchev–Trinajstić information content (AvgIpc) is 2.61. The molecule has 0 fully saturated rings. The average molecular weight is 379 g/mol. The number of fused-ring (bicyclic) bond motifs is 1. The molecule has 0 bridgehead atoms. The Kier molecular flexibility index (Phi) is 5.30. The SMILES string of the molecule is CCOc1cc2c(cc1OCC)[C@H](c1ccccc1C(F)(F)F)CC(=O)N2. The van der Waals surface area contributed by atoms with Gasteiger partial charge in [0.2, 0.25) is 5.91 Å². The van der Waals surface area contributed by atoms with Crippen LogP contribution < -0.4 is 14.8 Å². The van der Waals surface area contributed by atoms with Crippen molar-refractivity contribution in [2.24, 2.45) is 0 Å². The first-order chi connectivity index (χ1) is 12.8. The fraction of sp³-hybridized carbons (Fsp3) is 0.350. The van der Waals surface area contributed by atoms with E-state index in [1.165, 1.54) is 12.1 Å². The summed E-state index contributed by atoms with van der Waals surface area (Å²) in [6.07, 6.45) is -4.57. The van der Waals surface area contributed by atoms with Crippen molar-refractivity contribution in [3.05, 3.63) is 53.1 Å². The third-order valence-corrected chi connectivity index (χ3v) is 4.40. The first-order valence-electron chi connectivity index (χ1n) is 8.74. The van der Waals surface area contributed by atoms with Crippen LogP contribution in [0.5, 0.6) is 11.5 Å². The molecule has 1 heterocycles. The van der Waals surface area contributed by atoms with Gasteiger partial charge in [0, 0.05) is 24.1 Å². The van der Waals surface area contributed by atoms with Gasteiger partial charge in [0.25, 0.3) is 0 Å². The first-order valence-corrected chi connectivity index (χ1v) is 8.74. The second-order valence-electron chi connectivity index (χ2n) is 6.14. The number of nitrogens with one attached hydrogen (secondary N) is 1. The van der Waals surface area contributed by atoms with Crippen molar-refractivity contribution in [2.75, 3.05) is 18.5 Å². The normalized spacial score (nSPS) is 16.5. The van der Waals surface area contributed by atoms with E-state index in [0.29, 0.717) is 36.0 Å². The summed E-state index contributed by atoms with van der Waals surface area (Å²) in [6.45, 7) is 4.41. The molecule has 0 saturated carbocycles. The van der Waals surface area contributed by atoms with Gasteiger partial charge in [-0.2, -0.15) is 13.2 Å². The molecule has 0 radical (unpaired) electrons. The van der Waals surface area contributed by atoms with Crippen molar-refractivity contribution in [1.29, 1.82) is 0 Å². The lowest BCUT2D eigenvalue weighted by Gasteiger charge is -2.29. The van der Waals surface area contributed by atoms with Crippen LogP contribution in [-0.2, 0) is 11.0 Å². The maximum Gasteiger partial charge on any atom is 0.416 e. The number of halogens is 3. The largest absolute Gasteiger partial charge is 0.490 e. The summed E-state index contributed by atoms with van der Waals surface area (Å²) in [5.74, 6) is -0.163. The topological polar surface area (TPSA) is 47.6 Å². The van der Waals surface area contributed by atoms with Gasteiger partial charge in [-0.1, -0.05) is 18.2 Å². The highest BCUT2D eigenvalue weighted by atomic mass is 19.4. The van der Waals surface area contributed by atoms with Gasteiger partial charge < -0.3 is 14.8 Å². The predicted molar refractivity (Wildman–Crippen MR) is 95.3 cm³/mol. The lowest BCUT2D eigenvalue weighted by Crippen LogP contribution is -2.25. The molecule has 1 aliphatic rings. The van der Waals surface area contributed by atoms with E-state index in [2.05, 4.69) is 5.32 Å². The number of hydrogen-bond acceptors (Lipinski definition) is 3. The van der Waals surface area contributed by atoms with Crippen molar-refractivity contribution in [1.82, 2.24) is 0 Å². The Morgan fingerprint density at radius 3 is 2.30 bits per heavy atom. The molecule has 1 atom stereocenters. The van der Waals surface area contributed by atoms with Gasteiger partial charge in [-0.3, -0.25) is 4.79 Å². The quantitative estimate of drug-likeness (QED) is 0.797. The van der Waals surface area contributed by atoms with Gasteiger partial charge in [0.05, 0.1) is 18.8 Å². The summed E-state index contributed by atoms with van der Waals surface area (Å²) in [5, 5.41) is 2.73. The van der Waals surface area contributed by atoms with Crippen LogP contribution in [0, 0.1) is 0 Å². The minimum Gasteiger partial charge on any atom is -0.490 e. The number of benzene rings is 2. The Balaban J connectivity index is 2.16. The van der Waals surface area contributed by atoms with Crippen LogP contribution >= 0.6 is 0 Å². The molecule has 4 nitrogen and oxygen atoms in total. The Bertz CT molecular complexity index is 849. The van der Waals surface area contributed by atoms with Crippen molar-refractivity contribution in [3.8, 4) is 11.5 Å². The maximum absolute atomic E-state index is 13.5. The van der Waals surface area contributed by atoms with Crippen LogP contribution in [-0.4, -0.2) is 19.1 Å². The zero-order chi connectivity index (χ0) is 19.6. The second-order valence-corrected chi connectivity index (χ2v) is 6.14. The van der Waals surface area contributed by atoms with Gasteiger partial charge in [0.15, 0.2) is 11.5 Å². The van der Waals surface area contributed by atoms with Crippen LogP contribution in [0.2, 0.25) is 0 Å². The lowest BCUT2D eigenvalue weighted by molar-refractivity contribution is -0.138. The number of hydrogen-bond donors (Lipinski definition) is 1. The maximum atomic E-state index is 13.5. The van der Waals surface area contributed by atoms with Crippen molar-refractivity contribution >= 4 is 11.6 Å². The van der Waals surface area contributed by atoms with E-state index in [1.807, 2.05) is 13.8 Å². The molecule has 0 aromatic heterocycles. The molecular formula is C20H20F3NO3. The molecule has 7 heteroatoms. The number of carbonyl (C=O) groups is 1. The van der Waals surface area contributed by atoms with Crippen LogP contribution in [0.3, 0.4) is 0 Å². The van der Waals surface area contributed by atoms with Crippen molar-refractivity contribution in [3.63, 3.8) is 0 Å². The van der Waals surface area contributed by atoms with Crippen LogP contribution in [0.1, 0.15) is 42.9 Å². The number of alkyl halides is 3. The van der Waals surface area contributed by atoms with Gasteiger partial charge in [0.1, 0.15) is 0 Å². The van der Waals surface area contributed by atoms with Gasteiger partial charge in [-0.05, 0) is 37.1 Å². The molecule has 0 unspecified atom stereocenters. The van der Waals surface area contributed by atoms with E-state index in [4.69, 9.17) is 9.47 Å². The monoisotopic (exact) mass is 379 g/mol. The summed E-state index contributed by atoms with van der Waals surface area (Å²) in [7, 11) is 0. The van der Waals surface area contributed by atoms with E-state index in [-0.39, 0.29) is 17.9 Å². The molecule has 1 aliphatic heterocycles. The highest BCUT2D eigenvalue weighted by molar-refractivity contribution is 5.96. The van der Waals surface area contributed by atoms with Gasteiger partial charge >= 0.3 is 6.18 Å². The molecule has 1 N–H and O–H groups in total. The van der Waals surface area contributed by atoms with Crippen LogP contribution in [0.25, 0.3) is 0 Å². The molecule has 3 rings (SSSR count). The molecule has 27 heavy (non-hydrogen) atoms. The van der Waals surface area contributed by atoms with E-state index < -0.39 is 17.7 Å². The molecule has 0 saturated heterocycles. The third-order valence-electron chi connectivity index (χ3n) is 4.40. The fourth-order valence-corrected chi connectivity index (χ4v) is 3.34. The van der Waals surface area contributed by atoms with Crippen LogP contribution in [0.15, 0.2) is 36.4 Å². The second kappa shape index (κ2) is 7.50. The van der Waals surface area contributed by atoms with E-state index in [0.717, 1.165) is 6.07 Å². The smallest absolute Gasteiger partial charge is 0.416 e. The summed E-state index contributed by atoms with van der Waals surface area (Å²) >= 11 is 0. The molecule has 2 aromatic carbocycles. The lowest BCUT2D eigenvalue weighted by atomic mass is 9.82. The minimum atomic E-state index is -4.50. The number of amides is 1. The third kappa shape index (κ3) is 3.86. The zero-order valence-electron chi connectivity index (χ0n) is 15.0. The predicted octanol–water partition coefficient (Wildman–Crippen LogP) is 4.98. The molecule has 144 valence electrons. The summed E-state index contributed by atoms with van der Waals surface area (Å²) in [5.41, 5.74) is 0.369. The Morgan fingerprint density at radius 2 is 1.67 bits per heavy atom. The highest BCUT2D eigenvalue weighted by Crippen LogP contribution is 2.46. The highest BCUT2D eigenvalue weighted by Gasteiger charge is 2.38.